The summed E-state index contributed by atoms with van der Waals surface area (Å²) in [6.07, 6.45) is 0. The Labute approximate surface area is 230 Å². The molecule has 0 bridgehead atoms. The van der Waals surface area contributed by atoms with Gasteiger partial charge in [0.2, 0.25) is 5.91 Å². The fraction of sp³-hybridized carbons (Fsp3) is 0.222. The highest BCUT2D eigenvalue weighted by atomic mass is 32.2. The van der Waals surface area contributed by atoms with E-state index in [1.807, 2.05) is 0 Å². The van der Waals surface area contributed by atoms with Gasteiger partial charge in [0.15, 0.2) is 24.7 Å². The van der Waals surface area contributed by atoms with Crippen molar-refractivity contribution in [1.29, 1.82) is 0 Å². The SMILES string of the molecule is CC(=O)Nc1ccc(S(=O)(=O)N(C)c2ccc(OCC(=O)OCC(=O)Nc3ccc4c(c3)OCCO4)cc2)cc1. The third-order valence-corrected chi connectivity index (χ3v) is 7.38. The van der Waals surface area contributed by atoms with Crippen molar-refractivity contribution in [3.8, 4) is 17.2 Å². The molecule has 0 aliphatic carbocycles. The summed E-state index contributed by atoms with van der Waals surface area (Å²) in [5, 5.41) is 5.19. The molecule has 3 aromatic rings. The summed E-state index contributed by atoms with van der Waals surface area (Å²) in [6.45, 7) is 1.27. The van der Waals surface area contributed by atoms with Gasteiger partial charge < -0.3 is 29.6 Å². The highest BCUT2D eigenvalue weighted by Crippen LogP contribution is 2.32. The van der Waals surface area contributed by atoms with Crippen molar-refractivity contribution in [2.75, 3.05) is 48.4 Å². The average Bonchev–Trinajstić information content (AvgIpc) is 2.94. The maximum absolute atomic E-state index is 13.0. The molecule has 13 heteroatoms. The maximum Gasteiger partial charge on any atom is 0.344 e. The minimum atomic E-state index is -3.86. The standard InChI is InChI=1S/C27H27N3O9S/c1-18(31)28-19-3-10-23(11-4-19)40(34,35)30(2)21-6-8-22(9-7-21)38-17-27(33)39-16-26(32)29-20-5-12-24-25(15-20)37-14-13-36-24/h3-12,15H,13-14,16-17H2,1-2H3,(H,28,31)(H,29,32). The van der Waals surface area contributed by atoms with E-state index in [2.05, 4.69) is 10.6 Å². The summed E-state index contributed by atoms with van der Waals surface area (Å²) in [6, 6.07) is 16.8. The number of hydrogen-bond donors (Lipinski definition) is 2. The van der Waals surface area contributed by atoms with E-state index >= 15 is 0 Å². The molecular formula is C27H27N3O9S. The number of benzene rings is 3. The van der Waals surface area contributed by atoms with Gasteiger partial charge in [-0.25, -0.2) is 13.2 Å². The van der Waals surface area contributed by atoms with E-state index in [1.54, 1.807) is 18.2 Å². The summed E-state index contributed by atoms with van der Waals surface area (Å²) in [7, 11) is -2.46. The number of anilines is 3. The number of nitrogens with one attached hydrogen (secondary N) is 2. The number of carbonyl (C=O) groups excluding carboxylic acids is 3. The van der Waals surface area contributed by atoms with Gasteiger partial charge in [-0.15, -0.1) is 0 Å². The predicted molar refractivity (Wildman–Crippen MR) is 145 cm³/mol. The van der Waals surface area contributed by atoms with Crippen molar-refractivity contribution in [3.05, 3.63) is 66.7 Å². The van der Waals surface area contributed by atoms with Gasteiger partial charge in [-0.2, -0.15) is 0 Å². The van der Waals surface area contributed by atoms with Crippen molar-refractivity contribution in [2.24, 2.45) is 0 Å². The van der Waals surface area contributed by atoms with Gasteiger partial charge in [0.05, 0.1) is 10.6 Å². The molecule has 0 unspecified atom stereocenters. The zero-order chi connectivity index (χ0) is 28.7. The van der Waals surface area contributed by atoms with E-state index in [4.69, 9.17) is 18.9 Å². The molecule has 2 amide bonds. The van der Waals surface area contributed by atoms with Crippen LogP contribution in [0.2, 0.25) is 0 Å². The highest BCUT2D eigenvalue weighted by molar-refractivity contribution is 7.92. The van der Waals surface area contributed by atoms with E-state index < -0.39 is 35.1 Å². The maximum atomic E-state index is 13.0. The van der Waals surface area contributed by atoms with Crippen LogP contribution in [0.15, 0.2) is 71.6 Å². The molecule has 4 rings (SSSR count). The number of sulfonamides is 1. The summed E-state index contributed by atoms with van der Waals surface area (Å²) in [5.74, 6) is -0.161. The van der Waals surface area contributed by atoms with Gasteiger partial charge in [0, 0.05) is 31.4 Å². The van der Waals surface area contributed by atoms with Crippen LogP contribution >= 0.6 is 0 Å². The lowest BCUT2D eigenvalue weighted by atomic mass is 10.2. The van der Waals surface area contributed by atoms with Crippen molar-refractivity contribution < 1.29 is 41.7 Å². The molecule has 0 saturated carbocycles. The Balaban J connectivity index is 1.24. The predicted octanol–water partition coefficient (Wildman–Crippen LogP) is 2.80. The van der Waals surface area contributed by atoms with Crippen molar-refractivity contribution in [2.45, 2.75) is 11.8 Å². The van der Waals surface area contributed by atoms with E-state index in [1.165, 1.54) is 62.5 Å². The second kappa shape index (κ2) is 12.4. The van der Waals surface area contributed by atoms with Gasteiger partial charge in [-0.3, -0.25) is 13.9 Å². The molecule has 0 atom stereocenters. The topological polar surface area (TPSA) is 150 Å². The molecule has 0 aromatic heterocycles. The van der Waals surface area contributed by atoms with Crippen LogP contribution in [0, 0.1) is 0 Å². The summed E-state index contributed by atoms with van der Waals surface area (Å²) in [4.78, 5) is 35.4. The Morgan fingerprint density at radius 1 is 0.850 bits per heavy atom. The van der Waals surface area contributed by atoms with Crippen LogP contribution in [0.4, 0.5) is 17.1 Å². The monoisotopic (exact) mass is 569 g/mol. The number of esters is 1. The normalized spacial score (nSPS) is 12.2. The Bertz CT molecular complexity index is 1490. The first-order valence-corrected chi connectivity index (χ1v) is 13.5. The lowest BCUT2D eigenvalue weighted by Crippen LogP contribution is -2.26. The van der Waals surface area contributed by atoms with Gasteiger partial charge in [-0.1, -0.05) is 0 Å². The molecular weight excluding hydrogens is 542 g/mol. The molecule has 0 spiro atoms. The first-order chi connectivity index (χ1) is 19.1. The summed E-state index contributed by atoms with van der Waals surface area (Å²) in [5.41, 5.74) is 1.31. The Kier molecular flexibility index (Phi) is 8.74. The van der Waals surface area contributed by atoms with E-state index in [9.17, 15) is 22.8 Å². The van der Waals surface area contributed by atoms with Crippen molar-refractivity contribution in [3.63, 3.8) is 0 Å². The second-order valence-electron chi connectivity index (χ2n) is 8.53. The van der Waals surface area contributed by atoms with Gasteiger partial charge in [0.1, 0.15) is 19.0 Å². The fourth-order valence-electron chi connectivity index (χ4n) is 3.61. The molecule has 210 valence electrons. The zero-order valence-electron chi connectivity index (χ0n) is 21.7. The number of fused-ring (bicyclic) bond motifs is 1. The Hall–Kier alpha value is -4.78. The highest BCUT2D eigenvalue weighted by Gasteiger charge is 2.21. The van der Waals surface area contributed by atoms with Gasteiger partial charge in [-0.05, 0) is 60.7 Å². The number of ether oxygens (including phenoxy) is 4. The average molecular weight is 570 g/mol. The first kappa shape index (κ1) is 28.2. The molecule has 1 aliphatic heterocycles. The molecule has 0 saturated heterocycles. The van der Waals surface area contributed by atoms with Crippen molar-refractivity contribution >= 4 is 44.9 Å². The lowest BCUT2D eigenvalue weighted by molar-refractivity contribution is -0.149. The molecule has 2 N–H and O–H groups in total. The minimum Gasteiger partial charge on any atom is -0.486 e. The molecule has 12 nitrogen and oxygen atoms in total. The lowest BCUT2D eigenvalue weighted by Gasteiger charge is -2.20. The number of rotatable bonds is 10. The molecule has 0 fully saturated rings. The molecule has 1 heterocycles. The summed E-state index contributed by atoms with van der Waals surface area (Å²) < 4.78 is 48.3. The molecule has 0 radical (unpaired) electrons. The Morgan fingerprint density at radius 3 is 2.17 bits per heavy atom. The quantitative estimate of drug-likeness (QED) is 0.352. The van der Waals surface area contributed by atoms with E-state index in [-0.39, 0.29) is 10.8 Å². The Morgan fingerprint density at radius 2 is 1.50 bits per heavy atom. The second-order valence-corrected chi connectivity index (χ2v) is 10.5. The minimum absolute atomic E-state index is 0.0465. The number of amides is 2. The van der Waals surface area contributed by atoms with Crippen molar-refractivity contribution in [1.82, 2.24) is 0 Å². The zero-order valence-corrected chi connectivity index (χ0v) is 22.5. The molecule has 1 aliphatic rings. The van der Waals surface area contributed by atoms with Gasteiger partial charge >= 0.3 is 5.97 Å². The van der Waals surface area contributed by atoms with E-state index in [0.717, 1.165) is 4.31 Å². The number of hydrogen-bond acceptors (Lipinski definition) is 9. The van der Waals surface area contributed by atoms with Crippen LogP contribution in [-0.4, -0.2) is 59.7 Å². The van der Waals surface area contributed by atoms with Crippen LogP contribution in [-0.2, 0) is 29.1 Å². The molecule has 3 aromatic carbocycles. The van der Waals surface area contributed by atoms with Crippen LogP contribution in [0.25, 0.3) is 0 Å². The number of nitrogens with zero attached hydrogens (tertiary/aromatic N) is 1. The summed E-state index contributed by atoms with van der Waals surface area (Å²) >= 11 is 0. The molecule has 40 heavy (non-hydrogen) atoms. The van der Waals surface area contributed by atoms with Crippen LogP contribution < -0.4 is 29.1 Å². The fourth-order valence-corrected chi connectivity index (χ4v) is 4.81. The van der Waals surface area contributed by atoms with E-state index in [0.29, 0.717) is 47.5 Å². The smallest absolute Gasteiger partial charge is 0.344 e. The first-order valence-electron chi connectivity index (χ1n) is 12.1. The largest absolute Gasteiger partial charge is 0.486 e. The number of carbonyl (C=O) groups is 3. The van der Waals surface area contributed by atoms with Crippen LogP contribution in [0.3, 0.4) is 0 Å². The van der Waals surface area contributed by atoms with Crippen LogP contribution in [0.1, 0.15) is 6.92 Å². The van der Waals surface area contributed by atoms with Crippen LogP contribution in [0.5, 0.6) is 17.2 Å². The third-order valence-electron chi connectivity index (χ3n) is 5.58. The van der Waals surface area contributed by atoms with Gasteiger partial charge in [0.25, 0.3) is 15.9 Å². The third kappa shape index (κ3) is 7.20.